The second-order valence-corrected chi connectivity index (χ2v) is 6.48. The number of benzene rings is 2. The van der Waals surface area contributed by atoms with Gasteiger partial charge in [0, 0.05) is 18.9 Å². The monoisotopic (exact) mass is 387 g/mol. The van der Waals surface area contributed by atoms with Crippen LogP contribution in [0.4, 0.5) is 10.1 Å². The third-order valence-corrected chi connectivity index (χ3v) is 4.66. The molecular weight excluding hydrogens is 373 g/mol. The van der Waals surface area contributed by atoms with Crippen LogP contribution < -0.4 is 4.90 Å². The van der Waals surface area contributed by atoms with Crippen LogP contribution in [0.15, 0.2) is 42.5 Å². The molecule has 2 amide bonds. The summed E-state index contributed by atoms with van der Waals surface area (Å²) in [5.74, 6) is -2.59. The number of hydrogen-bond acceptors (Lipinski definition) is 3. The zero-order valence-electron chi connectivity index (χ0n) is 14.3. The van der Waals surface area contributed by atoms with Crippen LogP contribution in [0.3, 0.4) is 0 Å². The Labute approximate surface area is 159 Å². The number of imide groups is 1. The number of aliphatic carboxylic acids is 1. The highest BCUT2D eigenvalue weighted by Gasteiger charge is 2.37. The zero-order valence-corrected chi connectivity index (χ0v) is 15.1. The van der Waals surface area contributed by atoms with Crippen LogP contribution in [0.1, 0.15) is 30.0 Å². The maximum atomic E-state index is 13.6. The van der Waals surface area contributed by atoms with Gasteiger partial charge in [0.1, 0.15) is 5.82 Å². The van der Waals surface area contributed by atoms with Crippen LogP contribution in [0.2, 0.25) is 0 Å². The average molecular weight is 388 g/mol. The van der Waals surface area contributed by atoms with E-state index in [-0.39, 0.29) is 22.7 Å². The number of rotatable bonds is 4. The van der Waals surface area contributed by atoms with Crippen molar-refractivity contribution in [1.82, 2.24) is 0 Å². The van der Waals surface area contributed by atoms with Crippen molar-refractivity contribution < 1.29 is 23.9 Å². The van der Waals surface area contributed by atoms with Gasteiger partial charge < -0.3 is 5.11 Å². The first-order valence-electron chi connectivity index (χ1n) is 8.15. The lowest BCUT2D eigenvalue weighted by molar-refractivity contribution is -0.137. The molecule has 3 rings (SSSR count). The van der Waals surface area contributed by atoms with Crippen molar-refractivity contribution in [2.75, 3.05) is 4.90 Å². The van der Waals surface area contributed by atoms with Gasteiger partial charge >= 0.3 is 5.97 Å². The van der Waals surface area contributed by atoms with Crippen LogP contribution >= 0.6 is 11.6 Å². The highest BCUT2D eigenvalue weighted by molar-refractivity contribution is 6.60. The highest BCUT2D eigenvalue weighted by atomic mass is 35.5. The fourth-order valence-corrected chi connectivity index (χ4v) is 3.28. The van der Waals surface area contributed by atoms with Gasteiger partial charge in [-0.3, -0.25) is 14.4 Å². The predicted octanol–water partition coefficient (Wildman–Crippen LogP) is 3.84. The number of anilines is 1. The third kappa shape index (κ3) is 3.61. The number of nitrogens with zero attached hydrogens (tertiary/aromatic N) is 1. The molecule has 0 spiro atoms. The summed E-state index contributed by atoms with van der Waals surface area (Å²) in [5, 5.41) is 8.89. The summed E-state index contributed by atoms with van der Waals surface area (Å²) in [5.41, 5.74) is 2.04. The van der Waals surface area contributed by atoms with E-state index in [1.54, 1.807) is 24.3 Å². The standard InChI is InChI=1S/C20H15ClFNO4/c1-11(24)23-16-10-14(22)7-8-15(16)18(20(23)27)19(21)13-5-2-12(3-6-13)4-9-17(25)26/h2-3,5-8,10H,4,9H2,1H3,(H,25,26). The number of amides is 2. The molecule has 0 bridgehead atoms. The predicted molar refractivity (Wildman–Crippen MR) is 99.6 cm³/mol. The Morgan fingerprint density at radius 2 is 1.81 bits per heavy atom. The molecule has 2 aromatic carbocycles. The molecule has 1 aliphatic rings. The molecule has 1 N–H and O–H groups in total. The maximum Gasteiger partial charge on any atom is 0.303 e. The van der Waals surface area contributed by atoms with Gasteiger partial charge in [0.15, 0.2) is 0 Å². The molecule has 0 unspecified atom stereocenters. The number of halogens is 2. The van der Waals surface area contributed by atoms with E-state index in [0.29, 0.717) is 17.5 Å². The minimum atomic E-state index is -0.885. The summed E-state index contributed by atoms with van der Waals surface area (Å²) in [6, 6.07) is 10.6. The average Bonchev–Trinajstić information content (AvgIpc) is 2.90. The van der Waals surface area contributed by atoms with Crippen molar-refractivity contribution in [3.63, 3.8) is 0 Å². The smallest absolute Gasteiger partial charge is 0.303 e. The van der Waals surface area contributed by atoms with Crippen LogP contribution in [0.25, 0.3) is 10.6 Å². The van der Waals surface area contributed by atoms with Gasteiger partial charge in [-0.25, -0.2) is 9.29 Å². The molecule has 7 heteroatoms. The number of hydrogen-bond donors (Lipinski definition) is 1. The van der Waals surface area contributed by atoms with E-state index >= 15 is 0 Å². The Morgan fingerprint density at radius 3 is 2.41 bits per heavy atom. The van der Waals surface area contributed by atoms with Gasteiger partial charge in [-0.2, -0.15) is 0 Å². The summed E-state index contributed by atoms with van der Waals surface area (Å²) < 4.78 is 13.6. The molecule has 2 aromatic rings. The van der Waals surface area contributed by atoms with Crippen LogP contribution in [0.5, 0.6) is 0 Å². The van der Waals surface area contributed by atoms with E-state index in [1.165, 1.54) is 19.1 Å². The van der Waals surface area contributed by atoms with Crippen molar-refractivity contribution in [2.24, 2.45) is 0 Å². The van der Waals surface area contributed by atoms with Crippen molar-refractivity contribution >= 4 is 45.7 Å². The van der Waals surface area contributed by atoms with Gasteiger partial charge in [-0.1, -0.05) is 35.9 Å². The van der Waals surface area contributed by atoms with E-state index in [0.717, 1.165) is 16.5 Å². The molecule has 1 aliphatic heterocycles. The molecule has 0 aromatic heterocycles. The number of carboxylic acid groups (broad SMARTS) is 1. The Morgan fingerprint density at radius 1 is 1.15 bits per heavy atom. The van der Waals surface area contributed by atoms with Crippen LogP contribution in [0, 0.1) is 5.82 Å². The lowest BCUT2D eigenvalue weighted by atomic mass is 10.0. The Balaban J connectivity index is 2.03. The van der Waals surface area contributed by atoms with E-state index < -0.39 is 23.6 Å². The summed E-state index contributed by atoms with van der Waals surface area (Å²) in [7, 11) is 0. The van der Waals surface area contributed by atoms with E-state index in [9.17, 15) is 18.8 Å². The van der Waals surface area contributed by atoms with E-state index in [2.05, 4.69) is 0 Å². The SMILES string of the molecule is CC(=O)N1C(=O)C(=C(Cl)c2ccc(CCC(=O)O)cc2)c2ccc(F)cc21. The normalized spacial score (nSPS) is 14.9. The minimum Gasteiger partial charge on any atom is -0.481 e. The largest absolute Gasteiger partial charge is 0.481 e. The topological polar surface area (TPSA) is 74.7 Å². The summed E-state index contributed by atoms with van der Waals surface area (Å²) in [6.07, 6.45) is 0.391. The molecule has 0 saturated heterocycles. The maximum absolute atomic E-state index is 13.6. The molecule has 27 heavy (non-hydrogen) atoms. The summed E-state index contributed by atoms with van der Waals surface area (Å²) >= 11 is 6.46. The number of carboxylic acids is 1. The number of aryl methyl sites for hydroxylation is 1. The Bertz CT molecular complexity index is 982. The molecule has 0 radical (unpaired) electrons. The first-order valence-corrected chi connectivity index (χ1v) is 8.53. The van der Waals surface area contributed by atoms with Crippen molar-refractivity contribution in [1.29, 1.82) is 0 Å². The second kappa shape index (κ2) is 7.32. The Hall–Kier alpha value is -2.99. The number of carbonyl (C=O) groups excluding carboxylic acids is 2. The van der Waals surface area contributed by atoms with Gasteiger partial charge in [0.25, 0.3) is 5.91 Å². The molecule has 0 atom stereocenters. The quantitative estimate of drug-likeness (QED) is 0.809. The molecule has 0 fully saturated rings. The lowest BCUT2D eigenvalue weighted by Crippen LogP contribution is -2.31. The summed E-state index contributed by atoms with van der Waals surface area (Å²) in [6.45, 7) is 1.22. The third-order valence-electron chi connectivity index (χ3n) is 4.26. The first kappa shape index (κ1) is 18.8. The minimum absolute atomic E-state index is 0.0131. The van der Waals surface area contributed by atoms with Crippen molar-refractivity contribution in [2.45, 2.75) is 19.8 Å². The highest BCUT2D eigenvalue weighted by Crippen LogP contribution is 2.42. The fraction of sp³-hybridized carbons (Fsp3) is 0.150. The van der Waals surface area contributed by atoms with E-state index in [1.807, 2.05) is 0 Å². The Kier molecular flexibility index (Phi) is 5.10. The lowest BCUT2D eigenvalue weighted by Gasteiger charge is -2.12. The van der Waals surface area contributed by atoms with Crippen molar-refractivity contribution in [3.05, 3.63) is 65.0 Å². The molecule has 0 saturated carbocycles. The van der Waals surface area contributed by atoms with Gasteiger partial charge in [0.05, 0.1) is 16.3 Å². The molecular formula is C20H15ClFNO4. The zero-order chi connectivity index (χ0) is 19.7. The van der Waals surface area contributed by atoms with Crippen LogP contribution in [-0.2, 0) is 20.8 Å². The van der Waals surface area contributed by atoms with Gasteiger partial charge in [-0.15, -0.1) is 0 Å². The second-order valence-electron chi connectivity index (χ2n) is 6.10. The summed E-state index contributed by atoms with van der Waals surface area (Å²) in [4.78, 5) is 36.2. The number of carbonyl (C=O) groups is 3. The molecule has 1 heterocycles. The van der Waals surface area contributed by atoms with E-state index in [4.69, 9.17) is 16.7 Å². The van der Waals surface area contributed by atoms with Crippen LogP contribution in [-0.4, -0.2) is 22.9 Å². The van der Waals surface area contributed by atoms with Gasteiger partial charge in [0.2, 0.25) is 5.91 Å². The molecule has 138 valence electrons. The first-order chi connectivity index (χ1) is 12.8. The fourth-order valence-electron chi connectivity index (χ4n) is 2.98. The molecule has 0 aliphatic carbocycles. The molecule has 5 nitrogen and oxygen atoms in total. The van der Waals surface area contributed by atoms with Gasteiger partial charge in [-0.05, 0) is 35.7 Å². The van der Waals surface area contributed by atoms with Crippen molar-refractivity contribution in [3.8, 4) is 0 Å². The number of fused-ring (bicyclic) bond motifs is 1.